The molecule has 0 aliphatic heterocycles. The van der Waals surface area contributed by atoms with Crippen molar-refractivity contribution in [2.24, 2.45) is 0 Å². The lowest BCUT2D eigenvalue weighted by Gasteiger charge is -2.02. The lowest BCUT2D eigenvalue weighted by atomic mass is 10.1. The second-order valence-corrected chi connectivity index (χ2v) is 5.42. The van der Waals surface area contributed by atoms with Crippen LogP contribution in [0.25, 0.3) is 0 Å². The monoisotopic (exact) mass is 333 g/mol. The van der Waals surface area contributed by atoms with Gasteiger partial charge in [0.2, 0.25) is 0 Å². The Kier molecular flexibility index (Phi) is 5.36. The molecule has 2 aromatic rings. The van der Waals surface area contributed by atoms with Crippen molar-refractivity contribution in [3.8, 4) is 0 Å². The zero-order valence-corrected chi connectivity index (χ0v) is 13.3. The Hall–Kier alpha value is -2.10. The van der Waals surface area contributed by atoms with Crippen LogP contribution >= 0.6 is 23.2 Å². The van der Waals surface area contributed by atoms with Gasteiger partial charge in [0.05, 0.1) is 10.0 Å². The molecule has 2 aromatic carbocycles. The predicted octanol–water partition coefficient (Wildman–Crippen LogP) is 5.00. The molecule has 0 atom stereocenters. The number of allylic oxidation sites excluding steroid dienone is 1. The lowest BCUT2D eigenvalue weighted by molar-refractivity contribution is 0.101. The highest BCUT2D eigenvalue weighted by Crippen LogP contribution is 2.22. The Labute approximate surface area is 138 Å². The highest BCUT2D eigenvalue weighted by Gasteiger charge is 2.05. The molecule has 0 radical (unpaired) electrons. The van der Waals surface area contributed by atoms with Gasteiger partial charge in [-0.25, -0.2) is 0 Å². The number of hydrogen-bond donors (Lipinski definition) is 1. The summed E-state index contributed by atoms with van der Waals surface area (Å²) in [4.78, 5) is 23.1. The maximum atomic E-state index is 12.0. The zero-order valence-electron chi connectivity index (χ0n) is 11.8. The van der Waals surface area contributed by atoms with Crippen molar-refractivity contribution in [3.63, 3.8) is 0 Å². The fourth-order valence-electron chi connectivity index (χ4n) is 1.76. The first-order valence-electron chi connectivity index (χ1n) is 6.51. The van der Waals surface area contributed by atoms with Gasteiger partial charge in [0.1, 0.15) is 0 Å². The van der Waals surface area contributed by atoms with Gasteiger partial charge in [-0.05, 0) is 49.4 Å². The van der Waals surface area contributed by atoms with E-state index in [1.54, 1.807) is 36.4 Å². The number of carbonyl (C=O) groups excluding carboxylic acids is 2. The van der Waals surface area contributed by atoms with Crippen LogP contribution in [-0.2, 0) is 0 Å². The molecule has 0 aliphatic carbocycles. The molecule has 0 spiro atoms. The zero-order chi connectivity index (χ0) is 16.1. The summed E-state index contributed by atoms with van der Waals surface area (Å²) in [5, 5.41) is 3.72. The van der Waals surface area contributed by atoms with Crippen molar-refractivity contribution in [2.75, 3.05) is 5.32 Å². The summed E-state index contributed by atoms with van der Waals surface area (Å²) in [5.74, 6) is -0.177. The molecule has 0 saturated carbocycles. The Morgan fingerprint density at radius 2 is 1.59 bits per heavy atom. The van der Waals surface area contributed by atoms with Gasteiger partial charge in [-0.2, -0.15) is 0 Å². The molecule has 5 heteroatoms. The number of rotatable bonds is 5. The number of ketones is 2. The summed E-state index contributed by atoms with van der Waals surface area (Å²) in [7, 11) is 0. The third kappa shape index (κ3) is 4.20. The van der Waals surface area contributed by atoms with Crippen LogP contribution in [0.5, 0.6) is 0 Å². The van der Waals surface area contributed by atoms with Crippen molar-refractivity contribution in [2.45, 2.75) is 6.92 Å². The Morgan fingerprint density at radius 3 is 2.18 bits per heavy atom. The maximum Gasteiger partial charge on any atom is 0.187 e. The number of halogens is 2. The van der Waals surface area contributed by atoms with Crippen molar-refractivity contribution in [3.05, 3.63) is 75.9 Å². The van der Waals surface area contributed by atoms with Crippen LogP contribution in [0, 0.1) is 0 Å². The van der Waals surface area contributed by atoms with E-state index in [0.717, 1.165) is 5.69 Å². The van der Waals surface area contributed by atoms with E-state index in [9.17, 15) is 9.59 Å². The summed E-state index contributed by atoms with van der Waals surface area (Å²) in [5.41, 5.74) is 1.88. The second-order valence-electron chi connectivity index (χ2n) is 4.60. The number of hydrogen-bond acceptors (Lipinski definition) is 3. The molecule has 112 valence electrons. The summed E-state index contributed by atoms with van der Waals surface area (Å²) in [6, 6.07) is 11.7. The molecular weight excluding hydrogens is 321 g/mol. The van der Waals surface area contributed by atoms with E-state index in [1.807, 2.05) is 0 Å². The largest absolute Gasteiger partial charge is 0.362 e. The van der Waals surface area contributed by atoms with E-state index < -0.39 is 0 Å². The predicted molar refractivity (Wildman–Crippen MR) is 90.0 cm³/mol. The number of anilines is 1. The third-order valence-electron chi connectivity index (χ3n) is 2.98. The van der Waals surface area contributed by atoms with Crippen LogP contribution in [-0.4, -0.2) is 11.6 Å². The van der Waals surface area contributed by atoms with E-state index in [0.29, 0.717) is 21.2 Å². The molecule has 0 aliphatic rings. The molecular formula is C17H13Cl2NO2. The maximum absolute atomic E-state index is 12.0. The van der Waals surface area contributed by atoms with Crippen LogP contribution < -0.4 is 5.32 Å². The standard InChI is InChI=1S/C17H13Cl2NO2/c1-11(21)12-2-5-14(6-3-12)20-9-8-17(22)13-4-7-15(18)16(19)10-13/h2-10,20H,1H3/b9-8+. The second kappa shape index (κ2) is 7.25. The quantitative estimate of drug-likeness (QED) is 0.618. The van der Waals surface area contributed by atoms with Crippen LogP contribution in [0.1, 0.15) is 27.6 Å². The number of benzene rings is 2. The smallest absolute Gasteiger partial charge is 0.187 e. The van der Waals surface area contributed by atoms with Gasteiger partial charge in [-0.3, -0.25) is 9.59 Å². The Morgan fingerprint density at radius 1 is 0.955 bits per heavy atom. The van der Waals surface area contributed by atoms with Gasteiger partial charge in [0, 0.05) is 29.1 Å². The molecule has 0 aromatic heterocycles. The summed E-state index contributed by atoms with van der Waals surface area (Å²) < 4.78 is 0. The van der Waals surface area contributed by atoms with E-state index in [-0.39, 0.29) is 11.6 Å². The van der Waals surface area contributed by atoms with E-state index in [2.05, 4.69) is 5.32 Å². The Balaban J connectivity index is 2.00. The normalized spacial score (nSPS) is 10.7. The van der Waals surface area contributed by atoms with E-state index in [4.69, 9.17) is 23.2 Å². The molecule has 0 saturated heterocycles. The van der Waals surface area contributed by atoms with Crippen molar-refractivity contribution in [1.82, 2.24) is 0 Å². The van der Waals surface area contributed by atoms with Gasteiger partial charge in [-0.1, -0.05) is 23.2 Å². The van der Waals surface area contributed by atoms with Crippen LogP contribution in [0.15, 0.2) is 54.7 Å². The average molecular weight is 334 g/mol. The van der Waals surface area contributed by atoms with Crippen LogP contribution in [0.4, 0.5) is 5.69 Å². The van der Waals surface area contributed by atoms with Crippen LogP contribution in [0.3, 0.4) is 0 Å². The molecule has 0 heterocycles. The van der Waals surface area contributed by atoms with Crippen molar-refractivity contribution >= 4 is 40.5 Å². The highest BCUT2D eigenvalue weighted by molar-refractivity contribution is 6.42. The topological polar surface area (TPSA) is 46.2 Å². The number of Topliss-reactive ketones (excluding diaryl/α,β-unsaturated/α-hetero) is 1. The molecule has 0 amide bonds. The average Bonchev–Trinajstić information content (AvgIpc) is 2.50. The van der Waals surface area contributed by atoms with E-state index >= 15 is 0 Å². The minimum atomic E-state index is -0.188. The van der Waals surface area contributed by atoms with Gasteiger partial charge in [-0.15, -0.1) is 0 Å². The minimum absolute atomic E-state index is 0.0110. The number of carbonyl (C=O) groups is 2. The number of nitrogens with one attached hydrogen (secondary N) is 1. The minimum Gasteiger partial charge on any atom is -0.362 e. The molecule has 3 nitrogen and oxygen atoms in total. The van der Waals surface area contributed by atoms with E-state index in [1.165, 1.54) is 25.3 Å². The van der Waals surface area contributed by atoms with Gasteiger partial charge >= 0.3 is 0 Å². The van der Waals surface area contributed by atoms with Gasteiger partial charge in [0.15, 0.2) is 11.6 Å². The summed E-state index contributed by atoms with van der Waals surface area (Å²) in [6.07, 6.45) is 2.94. The summed E-state index contributed by atoms with van der Waals surface area (Å²) >= 11 is 11.7. The fraction of sp³-hybridized carbons (Fsp3) is 0.0588. The first-order chi connectivity index (χ1) is 10.5. The lowest BCUT2D eigenvalue weighted by Crippen LogP contribution is -1.97. The molecule has 2 rings (SSSR count). The van der Waals surface area contributed by atoms with Gasteiger partial charge < -0.3 is 5.32 Å². The van der Waals surface area contributed by atoms with Crippen molar-refractivity contribution < 1.29 is 9.59 Å². The first kappa shape index (κ1) is 16.3. The first-order valence-corrected chi connectivity index (χ1v) is 7.26. The van der Waals surface area contributed by atoms with Gasteiger partial charge in [0.25, 0.3) is 0 Å². The molecule has 1 N–H and O–H groups in total. The Bertz CT molecular complexity index is 737. The molecule has 0 bridgehead atoms. The molecule has 22 heavy (non-hydrogen) atoms. The SMILES string of the molecule is CC(=O)c1ccc(N/C=C/C(=O)c2ccc(Cl)c(Cl)c2)cc1. The highest BCUT2D eigenvalue weighted by atomic mass is 35.5. The molecule has 0 unspecified atom stereocenters. The summed E-state index contributed by atoms with van der Waals surface area (Å²) in [6.45, 7) is 1.51. The van der Waals surface area contributed by atoms with Crippen LogP contribution in [0.2, 0.25) is 10.0 Å². The fourth-order valence-corrected chi connectivity index (χ4v) is 2.06. The van der Waals surface area contributed by atoms with Crippen molar-refractivity contribution in [1.29, 1.82) is 0 Å². The third-order valence-corrected chi connectivity index (χ3v) is 3.72. The molecule has 0 fully saturated rings.